The van der Waals surface area contributed by atoms with Crippen LogP contribution in [0, 0.1) is 5.92 Å². The Hall–Kier alpha value is -0.570. The molecule has 1 aliphatic rings. The molecule has 0 amide bonds. The third-order valence-corrected chi connectivity index (χ3v) is 1.58. The molecule has 0 aromatic carbocycles. The van der Waals surface area contributed by atoms with Gasteiger partial charge in [-0.25, -0.2) is 0 Å². The first-order chi connectivity index (χ1) is 4.75. The summed E-state index contributed by atoms with van der Waals surface area (Å²) < 4.78 is 9.72. The van der Waals surface area contributed by atoms with E-state index in [1.54, 1.807) is 6.92 Å². The van der Waals surface area contributed by atoms with E-state index in [4.69, 9.17) is 9.47 Å². The molecule has 1 saturated heterocycles. The summed E-state index contributed by atoms with van der Waals surface area (Å²) in [7, 11) is 0. The second-order valence-corrected chi connectivity index (χ2v) is 2.41. The molecule has 1 heterocycles. The first-order valence-electron chi connectivity index (χ1n) is 3.54. The van der Waals surface area contributed by atoms with Crippen LogP contribution in [0.3, 0.4) is 0 Å². The minimum Gasteiger partial charge on any atom is -0.466 e. The normalized spacial score (nSPS) is 25.6. The van der Waals surface area contributed by atoms with Crippen molar-refractivity contribution in [2.45, 2.75) is 20.0 Å². The van der Waals surface area contributed by atoms with E-state index in [0.29, 0.717) is 13.2 Å². The standard InChI is InChI=1S/C7H12O3/c1-3-9-7(8)5(2)6-4-10-6/h5-6H,3-4H2,1-2H3/t5-,6-/m0/s1. The van der Waals surface area contributed by atoms with Gasteiger partial charge in [-0.3, -0.25) is 4.79 Å². The first-order valence-corrected chi connectivity index (χ1v) is 3.54. The van der Waals surface area contributed by atoms with Gasteiger partial charge in [0.15, 0.2) is 0 Å². The molecule has 0 aromatic heterocycles. The summed E-state index contributed by atoms with van der Waals surface area (Å²) in [6, 6.07) is 0. The van der Waals surface area contributed by atoms with Crippen LogP contribution in [0.1, 0.15) is 13.8 Å². The van der Waals surface area contributed by atoms with Crippen molar-refractivity contribution in [3.05, 3.63) is 0 Å². The molecule has 0 saturated carbocycles. The highest BCUT2D eigenvalue weighted by Gasteiger charge is 2.34. The van der Waals surface area contributed by atoms with Crippen LogP contribution < -0.4 is 0 Å². The summed E-state index contributed by atoms with van der Waals surface area (Å²) in [5.41, 5.74) is 0. The molecule has 0 unspecified atom stereocenters. The Balaban J connectivity index is 2.24. The minimum atomic E-state index is -0.148. The number of hydrogen-bond acceptors (Lipinski definition) is 3. The molecule has 10 heavy (non-hydrogen) atoms. The minimum absolute atomic E-state index is 0.0834. The molecule has 2 atom stereocenters. The predicted octanol–water partition coefficient (Wildman–Crippen LogP) is 0.584. The van der Waals surface area contributed by atoms with Crippen molar-refractivity contribution < 1.29 is 14.3 Å². The highest BCUT2D eigenvalue weighted by molar-refractivity contribution is 5.73. The van der Waals surface area contributed by atoms with Crippen LogP contribution in [0.4, 0.5) is 0 Å². The monoisotopic (exact) mass is 144 g/mol. The van der Waals surface area contributed by atoms with E-state index in [1.165, 1.54) is 0 Å². The highest BCUT2D eigenvalue weighted by Crippen LogP contribution is 2.20. The molecule has 0 aliphatic carbocycles. The van der Waals surface area contributed by atoms with Gasteiger partial charge in [0, 0.05) is 0 Å². The average Bonchev–Trinajstić information content (AvgIpc) is 2.68. The number of carbonyl (C=O) groups excluding carboxylic acids is 1. The van der Waals surface area contributed by atoms with E-state index >= 15 is 0 Å². The van der Waals surface area contributed by atoms with Crippen LogP contribution in [0.5, 0.6) is 0 Å². The third-order valence-electron chi connectivity index (χ3n) is 1.58. The van der Waals surface area contributed by atoms with E-state index in [0.717, 1.165) is 0 Å². The molecule has 0 N–H and O–H groups in total. The Morgan fingerprint density at radius 2 is 2.50 bits per heavy atom. The molecule has 1 rings (SSSR count). The topological polar surface area (TPSA) is 38.8 Å². The van der Waals surface area contributed by atoms with Crippen molar-refractivity contribution in [2.75, 3.05) is 13.2 Å². The van der Waals surface area contributed by atoms with Crippen LogP contribution in [0.2, 0.25) is 0 Å². The van der Waals surface area contributed by atoms with Crippen molar-refractivity contribution in [1.29, 1.82) is 0 Å². The van der Waals surface area contributed by atoms with Crippen LogP contribution in [-0.2, 0) is 14.3 Å². The molecule has 3 heteroatoms. The zero-order chi connectivity index (χ0) is 7.56. The fourth-order valence-corrected chi connectivity index (χ4v) is 0.770. The fourth-order valence-electron chi connectivity index (χ4n) is 0.770. The summed E-state index contributed by atoms with van der Waals surface area (Å²) in [4.78, 5) is 10.9. The summed E-state index contributed by atoms with van der Waals surface area (Å²) in [5, 5.41) is 0. The van der Waals surface area contributed by atoms with Gasteiger partial charge >= 0.3 is 5.97 Å². The molecule has 0 aromatic rings. The Kier molecular flexibility index (Phi) is 2.27. The van der Waals surface area contributed by atoms with Crippen molar-refractivity contribution >= 4 is 5.97 Å². The molecule has 0 spiro atoms. The Labute approximate surface area is 60.3 Å². The number of ether oxygens (including phenoxy) is 2. The second-order valence-electron chi connectivity index (χ2n) is 2.41. The lowest BCUT2D eigenvalue weighted by molar-refractivity contribution is -0.148. The Morgan fingerprint density at radius 3 is 2.90 bits per heavy atom. The quantitative estimate of drug-likeness (QED) is 0.429. The lowest BCUT2D eigenvalue weighted by Gasteiger charge is -2.05. The van der Waals surface area contributed by atoms with Gasteiger partial charge in [0.05, 0.1) is 25.2 Å². The van der Waals surface area contributed by atoms with E-state index < -0.39 is 0 Å². The van der Waals surface area contributed by atoms with Crippen LogP contribution >= 0.6 is 0 Å². The Bertz CT molecular complexity index is 129. The summed E-state index contributed by atoms with van der Waals surface area (Å²) in [6.45, 7) is 4.80. The van der Waals surface area contributed by atoms with Gasteiger partial charge in [0.1, 0.15) is 0 Å². The largest absolute Gasteiger partial charge is 0.466 e. The lowest BCUT2D eigenvalue weighted by atomic mass is 10.1. The Morgan fingerprint density at radius 1 is 1.90 bits per heavy atom. The van der Waals surface area contributed by atoms with E-state index in [2.05, 4.69) is 0 Å². The highest BCUT2D eigenvalue weighted by atomic mass is 16.6. The molecular weight excluding hydrogens is 132 g/mol. The van der Waals surface area contributed by atoms with Crippen LogP contribution in [-0.4, -0.2) is 25.3 Å². The average molecular weight is 144 g/mol. The molecular formula is C7H12O3. The molecule has 1 fully saturated rings. The van der Waals surface area contributed by atoms with Crippen molar-refractivity contribution in [2.24, 2.45) is 5.92 Å². The zero-order valence-corrected chi connectivity index (χ0v) is 6.29. The maximum absolute atomic E-state index is 10.9. The summed E-state index contributed by atoms with van der Waals surface area (Å²) in [6.07, 6.45) is 0.124. The summed E-state index contributed by atoms with van der Waals surface area (Å²) >= 11 is 0. The summed E-state index contributed by atoms with van der Waals surface area (Å²) in [5.74, 6) is -0.232. The van der Waals surface area contributed by atoms with Crippen LogP contribution in [0.15, 0.2) is 0 Å². The fraction of sp³-hybridized carbons (Fsp3) is 0.857. The SMILES string of the molecule is CCOC(=O)[C@@H](C)[C@@H]1CO1. The second kappa shape index (κ2) is 3.01. The van der Waals surface area contributed by atoms with Crippen molar-refractivity contribution in [3.8, 4) is 0 Å². The number of carbonyl (C=O) groups is 1. The van der Waals surface area contributed by atoms with Gasteiger partial charge in [-0.1, -0.05) is 0 Å². The van der Waals surface area contributed by atoms with Gasteiger partial charge < -0.3 is 9.47 Å². The van der Waals surface area contributed by atoms with Gasteiger partial charge in [-0.05, 0) is 13.8 Å². The maximum atomic E-state index is 10.9. The number of rotatable bonds is 3. The van der Waals surface area contributed by atoms with Gasteiger partial charge in [0.2, 0.25) is 0 Å². The predicted molar refractivity (Wildman–Crippen MR) is 35.5 cm³/mol. The third kappa shape index (κ3) is 1.70. The van der Waals surface area contributed by atoms with E-state index in [1.807, 2.05) is 6.92 Å². The molecule has 0 bridgehead atoms. The number of esters is 1. The van der Waals surface area contributed by atoms with Gasteiger partial charge in [-0.15, -0.1) is 0 Å². The van der Waals surface area contributed by atoms with Crippen LogP contribution in [0.25, 0.3) is 0 Å². The lowest BCUT2D eigenvalue weighted by Crippen LogP contribution is -2.19. The molecule has 1 aliphatic heterocycles. The smallest absolute Gasteiger partial charge is 0.311 e. The van der Waals surface area contributed by atoms with E-state index in [9.17, 15) is 4.79 Å². The molecule has 3 nitrogen and oxygen atoms in total. The molecule has 0 radical (unpaired) electrons. The van der Waals surface area contributed by atoms with Gasteiger partial charge in [0.25, 0.3) is 0 Å². The van der Waals surface area contributed by atoms with E-state index in [-0.39, 0.29) is 18.0 Å². The zero-order valence-electron chi connectivity index (χ0n) is 6.29. The maximum Gasteiger partial charge on any atom is 0.311 e. The number of epoxide rings is 1. The first kappa shape index (κ1) is 7.54. The van der Waals surface area contributed by atoms with Crippen molar-refractivity contribution in [1.82, 2.24) is 0 Å². The molecule has 58 valence electrons. The van der Waals surface area contributed by atoms with Gasteiger partial charge in [-0.2, -0.15) is 0 Å². The number of hydrogen-bond donors (Lipinski definition) is 0. The van der Waals surface area contributed by atoms with Crippen molar-refractivity contribution in [3.63, 3.8) is 0 Å².